The molecule has 2 heterocycles. The SMILES string of the molecule is O=C1C[C@@H]2C(=O)NC[C@H]2CN1. The van der Waals surface area contributed by atoms with E-state index in [1.807, 2.05) is 0 Å². The fourth-order valence-corrected chi connectivity index (χ4v) is 1.71. The van der Waals surface area contributed by atoms with Gasteiger partial charge in [-0.05, 0) is 0 Å². The van der Waals surface area contributed by atoms with Crippen LogP contribution >= 0.6 is 0 Å². The molecule has 0 unspecified atom stereocenters. The van der Waals surface area contributed by atoms with E-state index < -0.39 is 0 Å². The van der Waals surface area contributed by atoms with Gasteiger partial charge in [0.1, 0.15) is 0 Å². The van der Waals surface area contributed by atoms with Crippen LogP contribution in [0.5, 0.6) is 0 Å². The van der Waals surface area contributed by atoms with Crippen molar-refractivity contribution in [3.8, 4) is 0 Å². The Balaban J connectivity index is 2.13. The van der Waals surface area contributed by atoms with E-state index in [9.17, 15) is 9.59 Å². The first-order valence-corrected chi connectivity index (χ1v) is 3.82. The molecular weight excluding hydrogens is 144 g/mol. The zero-order valence-electron chi connectivity index (χ0n) is 6.09. The Morgan fingerprint density at radius 2 is 1.91 bits per heavy atom. The highest BCUT2D eigenvalue weighted by Gasteiger charge is 2.38. The van der Waals surface area contributed by atoms with Crippen molar-refractivity contribution in [1.29, 1.82) is 0 Å². The highest BCUT2D eigenvalue weighted by molar-refractivity contribution is 5.88. The molecule has 4 nitrogen and oxygen atoms in total. The lowest BCUT2D eigenvalue weighted by Gasteiger charge is -2.22. The molecule has 0 bridgehead atoms. The van der Waals surface area contributed by atoms with Crippen molar-refractivity contribution in [3.05, 3.63) is 0 Å². The van der Waals surface area contributed by atoms with Crippen molar-refractivity contribution in [2.45, 2.75) is 6.42 Å². The van der Waals surface area contributed by atoms with E-state index in [0.29, 0.717) is 18.9 Å². The molecule has 0 aromatic carbocycles. The maximum atomic E-state index is 11.1. The second-order valence-corrected chi connectivity index (χ2v) is 3.12. The summed E-state index contributed by atoms with van der Waals surface area (Å²) >= 11 is 0. The van der Waals surface area contributed by atoms with E-state index >= 15 is 0 Å². The van der Waals surface area contributed by atoms with Gasteiger partial charge in [0.15, 0.2) is 0 Å². The number of hydrogen-bond donors (Lipinski definition) is 2. The van der Waals surface area contributed by atoms with E-state index in [0.717, 1.165) is 6.54 Å². The zero-order valence-corrected chi connectivity index (χ0v) is 6.09. The molecular formula is C7H10N2O2. The summed E-state index contributed by atoms with van der Waals surface area (Å²) in [5.74, 6) is 0.331. The van der Waals surface area contributed by atoms with Gasteiger partial charge in [0.05, 0.1) is 5.92 Å². The number of carbonyl (C=O) groups is 2. The molecule has 0 aromatic rings. The number of amides is 2. The quantitative estimate of drug-likeness (QED) is 0.464. The summed E-state index contributed by atoms with van der Waals surface area (Å²) in [6, 6.07) is 0. The number of piperidine rings is 1. The molecule has 2 saturated heterocycles. The van der Waals surface area contributed by atoms with E-state index in [2.05, 4.69) is 10.6 Å². The molecule has 2 atom stereocenters. The lowest BCUT2D eigenvalue weighted by atomic mass is 9.89. The highest BCUT2D eigenvalue weighted by atomic mass is 16.2. The van der Waals surface area contributed by atoms with Gasteiger partial charge in [-0.3, -0.25) is 9.59 Å². The predicted octanol–water partition coefficient (Wildman–Crippen LogP) is -1.13. The van der Waals surface area contributed by atoms with Gasteiger partial charge in [-0.15, -0.1) is 0 Å². The third-order valence-electron chi connectivity index (χ3n) is 2.41. The molecule has 0 radical (unpaired) electrons. The molecule has 60 valence electrons. The number of fused-ring (bicyclic) bond motifs is 1. The first kappa shape index (κ1) is 6.64. The van der Waals surface area contributed by atoms with E-state index in [1.165, 1.54) is 0 Å². The third-order valence-corrected chi connectivity index (χ3v) is 2.41. The van der Waals surface area contributed by atoms with Gasteiger partial charge < -0.3 is 10.6 Å². The number of carbonyl (C=O) groups excluding carboxylic acids is 2. The summed E-state index contributed by atoms with van der Waals surface area (Å²) in [5.41, 5.74) is 0. The van der Waals surface area contributed by atoms with Gasteiger partial charge in [0, 0.05) is 25.4 Å². The van der Waals surface area contributed by atoms with Gasteiger partial charge in [0.2, 0.25) is 11.8 Å². The summed E-state index contributed by atoms with van der Waals surface area (Å²) in [5, 5.41) is 5.49. The van der Waals surface area contributed by atoms with E-state index in [-0.39, 0.29) is 17.7 Å². The molecule has 0 aromatic heterocycles. The molecule has 2 N–H and O–H groups in total. The van der Waals surface area contributed by atoms with Crippen molar-refractivity contribution >= 4 is 11.8 Å². The van der Waals surface area contributed by atoms with Crippen molar-refractivity contribution in [2.75, 3.05) is 13.1 Å². The lowest BCUT2D eigenvalue weighted by molar-refractivity contribution is -0.131. The molecule has 0 spiro atoms. The second-order valence-electron chi connectivity index (χ2n) is 3.12. The monoisotopic (exact) mass is 154 g/mol. The minimum atomic E-state index is -0.0521. The largest absolute Gasteiger partial charge is 0.356 e. The summed E-state index contributed by atoms with van der Waals surface area (Å²) in [7, 11) is 0. The van der Waals surface area contributed by atoms with Crippen LogP contribution in [0.1, 0.15) is 6.42 Å². The van der Waals surface area contributed by atoms with Crippen molar-refractivity contribution in [1.82, 2.24) is 10.6 Å². The average Bonchev–Trinajstić information content (AvgIpc) is 2.33. The summed E-state index contributed by atoms with van der Waals surface area (Å²) < 4.78 is 0. The van der Waals surface area contributed by atoms with Gasteiger partial charge in [-0.25, -0.2) is 0 Å². The van der Waals surface area contributed by atoms with Crippen LogP contribution in [0.4, 0.5) is 0 Å². The van der Waals surface area contributed by atoms with Crippen LogP contribution in [-0.4, -0.2) is 24.9 Å². The van der Waals surface area contributed by atoms with Crippen molar-refractivity contribution < 1.29 is 9.59 Å². The van der Waals surface area contributed by atoms with Crippen LogP contribution < -0.4 is 10.6 Å². The minimum absolute atomic E-state index is 0.00306. The standard InChI is InChI=1S/C7H10N2O2/c10-6-1-5-4(2-8-6)3-9-7(5)11/h4-5H,1-3H2,(H,8,10)(H,9,11)/t4-,5+/m1/s1. The fraction of sp³-hybridized carbons (Fsp3) is 0.714. The Labute approximate surface area is 64.3 Å². The predicted molar refractivity (Wildman–Crippen MR) is 37.6 cm³/mol. The minimum Gasteiger partial charge on any atom is -0.356 e. The molecule has 0 aliphatic carbocycles. The fourth-order valence-electron chi connectivity index (χ4n) is 1.71. The summed E-state index contributed by atoms with van der Waals surface area (Å²) in [6.45, 7) is 1.38. The molecule has 2 aliphatic heterocycles. The molecule has 2 aliphatic rings. The van der Waals surface area contributed by atoms with Gasteiger partial charge in [-0.2, -0.15) is 0 Å². The molecule has 2 rings (SSSR count). The topological polar surface area (TPSA) is 58.2 Å². The zero-order chi connectivity index (χ0) is 7.84. The van der Waals surface area contributed by atoms with Crippen LogP contribution in [0.3, 0.4) is 0 Å². The molecule has 0 saturated carbocycles. The number of nitrogens with one attached hydrogen (secondary N) is 2. The first-order valence-electron chi connectivity index (χ1n) is 3.82. The Morgan fingerprint density at radius 3 is 2.73 bits per heavy atom. The normalized spacial score (nSPS) is 36.0. The molecule has 2 amide bonds. The van der Waals surface area contributed by atoms with Crippen LogP contribution in [0, 0.1) is 11.8 Å². The Bertz CT molecular complexity index is 214. The number of rotatable bonds is 0. The maximum absolute atomic E-state index is 11.1. The Hall–Kier alpha value is -1.06. The number of hydrogen-bond acceptors (Lipinski definition) is 2. The second kappa shape index (κ2) is 2.22. The summed E-state index contributed by atoms with van der Waals surface area (Å²) in [6.07, 6.45) is 0.372. The lowest BCUT2D eigenvalue weighted by Crippen LogP contribution is -2.40. The van der Waals surface area contributed by atoms with Crippen LogP contribution in [0.25, 0.3) is 0 Å². The molecule has 11 heavy (non-hydrogen) atoms. The van der Waals surface area contributed by atoms with Crippen LogP contribution in [-0.2, 0) is 9.59 Å². The Morgan fingerprint density at radius 1 is 1.18 bits per heavy atom. The molecule has 2 fully saturated rings. The Kier molecular flexibility index (Phi) is 1.34. The smallest absolute Gasteiger partial charge is 0.224 e. The van der Waals surface area contributed by atoms with Gasteiger partial charge in [-0.1, -0.05) is 0 Å². The first-order chi connectivity index (χ1) is 5.27. The summed E-state index contributed by atoms with van der Waals surface area (Å²) in [4.78, 5) is 21.9. The van der Waals surface area contributed by atoms with Crippen LogP contribution in [0.2, 0.25) is 0 Å². The van der Waals surface area contributed by atoms with E-state index in [4.69, 9.17) is 0 Å². The van der Waals surface area contributed by atoms with Crippen molar-refractivity contribution in [3.63, 3.8) is 0 Å². The van der Waals surface area contributed by atoms with Gasteiger partial charge in [0.25, 0.3) is 0 Å². The third kappa shape index (κ3) is 0.982. The maximum Gasteiger partial charge on any atom is 0.224 e. The average molecular weight is 154 g/mol. The van der Waals surface area contributed by atoms with E-state index in [1.54, 1.807) is 0 Å². The van der Waals surface area contributed by atoms with Crippen LogP contribution in [0.15, 0.2) is 0 Å². The molecule has 4 heteroatoms. The van der Waals surface area contributed by atoms with Crippen molar-refractivity contribution in [2.24, 2.45) is 11.8 Å². The van der Waals surface area contributed by atoms with Gasteiger partial charge >= 0.3 is 0 Å². The highest BCUT2D eigenvalue weighted by Crippen LogP contribution is 2.23.